The third-order valence-electron chi connectivity index (χ3n) is 3.99. The molecule has 1 aromatic heterocycles. The number of rotatable bonds is 12. The molecule has 0 aliphatic rings. The van der Waals surface area contributed by atoms with Crippen molar-refractivity contribution in [1.82, 2.24) is 10.2 Å². The molecule has 0 fully saturated rings. The first kappa shape index (κ1) is 18.2. The Hall–Kier alpha value is -2.10. The summed E-state index contributed by atoms with van der Waals surface area (Å²) >= 11 is 0. The van der Waals surface area contributed by atoms with Gasteiger partial charge in [0.25, 0.3) is 0 Å². The molecular formula is C20H29N3O. The lowest BCUT2D eigenvalue weighted by molar-refractivity contribution is 0.304. The number of hydrogen-bond donors (Lipinski definition) is 1. The molecule has 4 nitrogen and oxygen atoms in total. The molecule has 0 aliphatic carbocycles. The van der Waals surface area contributed by atoms with Crippen LogP contribution in [0.4, 0.5) is 5.69 Å². The van der Waals surface area contributed by atoms with Crippen molar-refractivity contribution in [2.75, 3.05) is 6.61 Å². The van der Waals surface area contributed by atoms with Crippen molar-refractivity contribution in [3.63, 3.8) is 0 Å². The van der Waals surface area contributed by atoms with Crippen LogP contribution in [0.25, 0.3) is 0 Å². The number of aromatic nitrogens is 2. The van der Waals surface area contributed by atoms with E-state index in [0.717, 1.165) is 30.0 Å². The molecule has 0 spiro atoms. The number of benzene rings is 1. The molecule has 0 aliphatic heterocycles. The van der Waals surface area contributed by atoms with Crippen LogP contribution in [0.1, 0.15) is 63.9 Å². The minimum Gasteiger partial charge on any atom is -0.494 e. The molecule has 0 radical (unpaired) electrons. The van der Waals surface area contributed by atoms with Crippen molar-refractivity contribution in [3.8, 4) is 5.75 Å². The van der Waals surface area contributed by atoms with E-state index in [-0.39, 0.29) is 0 Å². The minimum absolute atomic E-state index is 0.803. The average Bonchev–Trinajstić information content (AvgIpc) is 3.13. The fourth-order valence-corrected chi connectivity index (χ4v) is 2.54. The maximum absolute atomic E-state index is 5.80. The van der Waals surface area contributed by atoms with Crippen LogP contribution in [-0.2, 0) is 0 Å². The number of nitrogens with zero attached hydrogens (tertiary/aromatic N) is 2. The van der Waals surface area contributed by atoms with E-state index in [0.29, 0.717) is 0 Å². The predicted octanol–water partition coefficient (Wildman–Crippen LogP) is 5.68. The Morgan fingerprint density at radius 1 is 1.00 bits per heavy atom. The molecule has 1 aromatic carbocycles. The molecule has 0 atom stereocenters. The smallest absolute Gasteiger partial charge is 0.119 e. The van der Waals surface area contributed by atoms with Gasteiger partial charge in [0.1, 0.15) is 11.4 Å². The third kappa shape index (κ3) is 7.44. The van der Waals surface area contributed by atoms with Gasteiger partial charge in [-0.3, -0.25) is 10.1 Å². The Bertz CT molecular complexity index is 561. The molecule has 0 saturated heterocycles. The summed E-state index contributed by atoms with van der Waals surface area (Å²) in [5, 5.41) is 6.60. The van der Waals surface area contributed by atoms with Crippen LogP contribution in [0.2, 0.25) is 0 Å². The van der Waals surface area contributed by atoms with E-state index in [1.807, 2.05) is 30.5 Å². The standard InChI is InChI=1S/C20H29N3O/c1-2-3-4-5-6-7-8-9-14-24-20-12-10-18(11-13-20)15-21-19-16-22-23-17-19/h10-13,15-17H,2-9,14H2,1H3,(H,22,23). The van der Waals surface area contributed by atoms with Gasteiger partial charge in [-0.05, 0) is 36.2 Å². The van der Waals surface area contributed by atoms with Crippen molar-refractivity contribution in [3.05, 3.63) is 42.2 Å². The van der Waals surface area contributed by atoms with E-state index in [4.69, 9.17) is 4.74 Å². The largest absolute Gasteiger partial charge is 0.494 e. The third-order valence-corrected chi connectivity index (χ3v) is 3.99. The summed E-state index contributed by atoms with van der Waals surface area (Å²) in [5.41, 5.74) is 1.88. The molecule has 4 heteroatoms. The van der Waals surface area contributed by atoms with Crippen LogP contribution in [0.15, 0.2) is 41.7 Å². The topological polar surface area (TPSA) is 50.3 Å². The van der Waals surface area contributed by atoms with Crippen LogP contribution in [-0.4, -0.2) is 23.0 Å². The highest BCUT2D eigenvalue weighted by atomic mass is 16.5. The van der Waals surface area contributed by atoms with Crippen LogP contribution in [0.3, 0.4) is 0 Å². The number of aromatic amines is 1. The number of H-pyrrole nitrogens is 1. The van der Waals surface area contributed by atoms with E-state index in [1.165, 1.54) is 44.9 Å². The second-order valence-corrected chi connectivity index (χ2v) is 6.11. The first-order valence-electron chi connectivity index (χ1n) is 9.14. The summed E-state index contributed by atoms with van der Waals surface area (Å²) in [4.78, 5) is 4.33. The van der Waals surface area contributed by atoms with Crippen LogP contribution < -0.4 is 4.74 Å². The highest BCUT2D eigenvalue weighted by Crippen LogP contribution is 2.14. The fraction of sp³-hybridized carbons (Fsp3) is 0.500. The SMILES string of the molecule is CCCCCCCCCCOc1ccc(C=Nc2cn[nH]c2)cc1. The highest BCUT2D eigenvalue weighted by Gasteiger charge is 1.96. The molecule has 130 valence electrons. The summed E-state index contributed by atoms with van der Waals surface area (Å²) in [6.07, 6.45) is 15.9. The lowest BCUT2D eigenvalue weighted by atomic mass is 10.1. The van der Waals surface area contributed by atoms with Gasteiger partial charge in [0.2, 0.25) is 0 Å². The lowest BCUT2D eigenvalue weighted by Gasteiger charge is -2.06. The Morgan fingerprint density at radius 3 is 2.38 bits per heavy atom. The van der Waals surface area contributed by atoms with Gasteiger partial charge in [-0.25, -0.2) is 0 Å². The lowest BCUT2D eigenvalue weighted by Crippen LogP contribution is -1.97. The zero-order valence-corrected chi connectivity index (χ0v) is 14.7. The van der Waals surface area contributed by atoms with Gasteiger partial charge in [0.05, 0.1) is 12.8 Å². The summed E-state index contributed by atoms with van der Waals surface area (Å²) in [6.45, 7) is 3.06. The number of nitrogens with one attached hydrogen (secondary N) is 1. The molecule has 0 unspecified atom stereocenters. The van der Waals surface area contributed by atoms with Gasteiger partial charge in [0.15, 0.2) is 0 Å². The van der Waals surface area contributed by atoms with Crippen molar-refractivity contribution in [2.24, 2.45) is 4.99 Å². The molecule has 1 N–H and O–H groups in total. The summed E-state index contributed by atoms with van der Waals surface area (Å²) < 4.78 is 5.80. The van der Waals surface area contributed by atoms with E-state index in [9.17, 15) is 0 Å². The molecule has 0 amide bonds. The quantitative estimate of drug-likeness (QED) is 0.403. The number of hydrogen-bond acceptors (Lipinski definition) is 3. The maximum Gasteiger partial charge on any atom is 0.119 e. The van der Waals surface area contributed by atoms with E-state index in [1.54, 1.807) is 12.4 Å². The van der Waals surface area contributed by atoms with Gasteiger partial charge in [-0.1, -0.05) is 51.9 Å². The van der Waals surface area contributed by atoms with Gasteiger partial charge < -0.3 is 4.74 Å². The Balaban J connectivity index is 1.57. The Morgan fingerprint density at radius 2 is 1.71 bits per heavy atom. The molecule has 0 bridgehead atoms. The van der Waals surface area contributed by atoms with Crippen molar-refractivity contribution >= 4 is 11.9 Å². The summed E-state index contributed by atoms with van der Waals surface area (Å²) in [5.74, 6) is 0.929. The normalized spacial score (nSPS) is 11.2. The fourth-order valence-electron chi connectivity index (χ4n) is 2.54. The van der Waals surface area contributed by atoms with E-state index >= 15 is 0 Å². The average molecular weight is 327 g/mol. The molecule has 0 saturated carbocycles. The molecular weight excluding hydrogens is 298 g/mol. The van der Waals surface area contributed by atoms with Gasteiger partial charge in [-0.15, -0.1) is 0 Å². The van der Waals surface area contributed by atoms with E-state index in [2.05, 4.69) is 22.1 Å². The monoisotopic (exact) mass is 327 g/mol. The minimum atomic E-state index is 0.803. The van der Waals surface area contributed by atoms with Crippen molar-refractivity contribution in [2.45, 2.75) is 58.3 Å². The molecule has 2 aromatic rings. The Labute approximate surface area is 145 Å². The second-order valence-electron chi connectivity index (χ2n) is 6.11. The zero-order chi connectivity index (χ0) is 16.9. The zero-order valence-electron chi connectivity index (χ0n) is 14.7. The van der Waals surface area contributed by atoms with Crippen LogP contribution in [0, 0.1) is 0 Å². The van der Waals surface area contributed by atoms with E-state index < -0.39 is 0 Å². The summed E-state index contributed by atoms with van der Waals surface area (Å²) in [7, 11) is 0. The van der Waals surface area contributed by atoms with Gasteiger partial charge >= 0.3 is 0 Å². The van der Waals surface area contributed by atoms with Crippen LogP contribution >= 0.6 is 0 Å². The maximum atomic E-state index is 5.80. The number of ether oxygens (including phenoxy) is 1. The first-order valence-corrected chi connectivity index (χ1v) is 9.14. The van der Waals surface area contributed by atoms with Crippen LogP contribution in [0.5, 0.6) is 5.75 Å². The highest BCUT2D eigenvalue weighted by molar-refractivity contribution is 5.81. The van der Waals surface area contributed by atoms with Crippen molar-refractivity contribution < 1.29 is 4.74 Å². The van der Waals surface area contributed by atoms with Gasteiger partial charge in [0, 0.05) is 12.4 Å². The molecule has 1 heterocycles. The molecule has 2 rings (SSSR count). The summed E-state index contributed by atoms with van der Waals surface area (Å²) in [6, 6.07) is 8.04. The predicted molar refractivity (Wildman–Crippen MR) is 100 cm³/mol. The van der Waals surface area contributed by atoms with Crippen molar-refractivity contribution in [1.29, 1.82) is 0 Å². The Kier molecular flexibility index (Phi) is 8.69. The number of unbranched alkanes of at least 4 members (excludes halogenated alkanes) is 7. The number of aliphatic imine (C=N–C) groups is 1. The molecule has 24 heavy (non-hydrogen) atoms. The van der Waals surface area contributed by atoms with Gasteiger partial charge in [-0.2, -0.15) is 5.10 Å². The first-order chi connectivity index (χ1) is 11.9. The second kappa shape index (κ2) is 11.4.